The molecule has 88 valence electrons. The Hall–Kier alpha value is -1.58. The molecule has 0 aromatic heterocycles. The number of aliphatic imine (C=N–C) groups is 1. The van der Waals surface area contributed by atoms with Gasteiger partial charge in [-0.15, -0.1) is 0 Å². The van der Waals surface area contributed by atoms with Gasteiger partial charge >= 0.3 is 0 Å². The summed E-state index contributed by atoms with van der Waals surface area (Å²) in [6.07, 6.45) is 1.74. The molecule has 0 spiro atoms. The van der Waals surface area contributed by atoms with Crippen LogP contribution in [0.2, 0.25) is 0 Å². The number of hydrogen-bond donors (Lipinski definition) is 1. The summed E-state index contributed by atoms with van der Waals surface area (Å²) in [5.74, 6) is 0.618. The first-order chi connectivity index (χ1) is 7.60. The first-order valence-corrected chi connectivity index (χ1v) is 5.44. The van der Waals surface area contributed by atoms with Gasteiger partial charge in [0.2, 0.25) is 5.90 Å². The van der Waals surface area contributed by atoms with Crippen LogP contribution in [0, 0.1) is 5.92 Å². The number of ether oxygens (including phenoxy) is 1. The topological polar surface area (TPSA) is 50.7 Å². The van der Waals surface area contributed by atoms with Gasteiger partial charge in [0, 0.05) is 6.54 Å². The molecule has 16 heavy (non-hydrogen) atoms. The summed E-state index contributed by atoms with van der Waals surface area (Å²) < 4.78 is 5.31. The predicted molar refractivity (Wildman–Crippen MR) is 64.1 cm³/mol. The van der Waals surface area contributed by atoms with Gasteiger partial charge in [-0.05, 0) is 18.4 Å². The lowest BCUT2D eigenvalue weighted by molar-refractivity contribution is -0.123. The molecule has 0 aromatic carbocycles. The van der Waals surface area contributed by atoms with Crippen LogP contribution in [0.25, 0.3) is 0 Å². The molecule has 1 heterocycles. The van der Waals surface area contributed by atoms with Crippen molar-refractivity contribution in [1.82, 2.24) is 5.32 Å². The van der Waals surface area contributed by atoms with E-state index in [0.29, 0.717) is 18.1 Å². The molecule has 1 aliphatic rings. The van der Waals surface area contributed by atoms with Crippen molar-refractivity contribution in [3.05, 3.63) is 23.9 Å². The van der Waals surface area contributed by atoms with Crippen LogP contribution < -0.4 is 5.32 Å². The van der Waals surface area contributed by atoms with Crippen molar-refractivity contribution in [2.75, 3.05) is 13.2 Å². The van der Waals surface area contributed by atoms with Crippen LogP contribution in [-0.2, 0) is 9.53 Å². The third kappa shape index (κ3) is 2.72. The van der Waals surface area contributed by atoms with Gasteiger partial charge in [-0.3, -0.25) is 9.79 Å². The first-order valence-electron chi connectivity index (χ1n) is 5.44. The van der Waals surface area contributed by atoms with Crippen molar-refractivity contribution in [2.45, 2.75) is 20.8 Å². The minimum atomic E-state index is -0.148. The van der Waals surface area contributed by atoms with E-state index in [1.807, 2.05) is 20.8 Å². The number of allylic oxidation sites excluding steroid dienone is 2. The standard InChI is InChI=1S/C12H18N2O2/c1-5-9(8(3)4)11-12(13-6-2)16-7-10(15)14-11/h5,8H,1,6-7H2,2-4H3,(H,14,15)/b11-9-,13-12?. The number of hydrogen-bond acceptors (Lipinski definition) is 3. The van der Waals surface area contributed by atoms with Crippen LogP contribution >= 0.6 is 0 Å². The zero-order chi connectivity index (χ0) is 12.1. The van der Waals surface area contributed by atoms with Crippen molar-refractivity contribution in [2.24, 2.45) is 10.9 Å². The van der Waals surface area contributed by atoms with Gasteiger partial charge in [-0.1, -0.05) is 26.5 Å². The Bertz CT molecular complexity index is 354. The van der Waals surface area contributed by atoms with Crippen LogP contribution in [-0.4, -0.2) is 25.0 Å². The van der Waals surface area contributed by atoms with Crippen LogP contribution in [0.5, 0.6) is 0 Å². The molecule has 1 N–H and O–H groups in total. The molecule has 0 radical (unpaired) electrons. The Kier molecular flexibility index (Phi) is 4.28. The molecule has 0 aliphatic carbocycles. The Balaban J connectivity index is 3.16. The fourth-order valence-corrected chi connectivity index (χ4v) is 1.53. The molecular formula is C12H18N2O2. The molecule has 0 unspecified atom stereocenters. The summed E-state index contributed by atoms with van der Waals surface area (Å²) in [7, 11) is 0. The highest BCUT2D eigenvalue weighted by molar-refractivity contribution is 6.02. The highest BCUT2D eigenvalue weighted by Crippen LogP contribution is 2.18. The van der Waals surface area contributed by atoms with Gasteiger partial charge in [0.25, 0.3) is 5.91 Å². The lowest BCUT2D eigenvalue weighted by Gasteiger charge is -2.22. The summed E-state index contributed by atoms with van der Waals surface area (Å²) in [5, 5.41) is 2.80. The average Bonchev–Trinajstić information content (AvgIpc) is 2.22. The van der Waals surface area contributed by atoms with Gasteiger partial charge < -0.3 is 10.1 Å². The highest BCUT2D eigenvalue weighted by Gasteiger charge is 2.23. The molecule has 1 fully saturated rings. The Morgan fingerprint density at radius 3 is 2.88 bits per heavy atom. The maximum absolute atomic E-state index is 11.3. The van der Waals surface area contributed by atoms with Gasteiger partial charge in [-0.2, -0.15) is 0 Å². The van der Waals surface area contributed by atoms with Crippen molar-refractivity contribution < 1.29 is 9.53 Å². The molecular weight excluding hydrogens is 204 g/mol. The van der Waals surface area contributed by atoms with Crippen LogP contribution in [0.15, 0.2) is 28.9 Å². The van der Waals surface area contributed by atoms with Crippen LogP contribution in [0.3, 0.4) is 0 Å². The molecule has 0 bridgehead atoms. The third-order valence-electron chi connectivity index (χ3n) is 2.25. The van der Waals surface area contributed by atoms with Crippen molar-refractivity contribution in [1.29, 1.82) is 0 Å². The molecule has 1 rings (SSSR count). The van der Waals surface area contributed by atoms with Gasteiger partial charge in [0.15, 0.2) is 6.61 Å². The van der Waals surface area contributed by atoms with Gasteiger partial charge in [0.1, 0.15) is 5.70 Å². The van der Waals surface area contributed by atoms with Crippen LogP contribution in [0.1, 0.15) is 20.8 Å². The number of nitrogens with zero attached hydrogens (tertiary/aromatic N) is 1. The summed E-state index contributed by atoms with van der Waals surface area (Å²) in [5.41, 5.74) is 1.60. The zero-order valence-electron chi connectivity index (χ0n) is 10.0. The lowest BCUT2D eigenvalue weighted by atomic mass is 10.0. The fraction of sp³-hybridized carbons (Fsp3) is 0.500. The molecule has 1 amide bonds. The van der Waals surface area contributed by atoms with E-state index in [4.69, 9.17) is 4.74 Å². The number of rotatable bonds is 3. The number of carbonyl (C=O) groups excluding carboxylic acids is 1. The van der Waals surface area contributed by atoms with Crippen molar-refractivity contribution in [3.63, 3.8) is 0 Å². The Labute approximate surface area is 96.1 Å². The highest BCUT2D eigenvalue weighted by atomic mass is 16.5. The third-order valence-corrected chi connectivity index (χ3v) is 2.25. The van der Waals surface area contributed by atoms with Gasteiger partial charge in [-0.25, -0.2) is 0 Å². The maximum Gasteiger partial charge on any atom is 0.262 e. The van der Waals surface area contributed by atoms with E-state index in [9.17, 15) is 4.79 Å². The number of nitrogens with one attached hydrogen (secondary N) is 1. The molecule has 0 aromatic rings. The van der Waals surface area contributed by atoms with E-state index >= 15 is 0 Å². The molecule has 4 heteroatoms. The minimum Gasteiger partial charge on any atom is -0.466 e. The normalized spacial score (nSPS) is 21.8. The smallest absolute Gasteiger partial charge is 0.262 e. The number of carbonyl (C=O) groups is 1. The molecule has 0 atom stereocenters. The second-order valence-electron chi connectivity index (χ2n) is 3.81. The molecule has 1 aliphatic heterocycles. The predicted octanol–water partition coefficient (Wildman–Crippen LogP) is 1.65. The summed E-state index contributed by atoms with van der Waals surface area (Å²) in [4.78, 5) is 15.5. The van der Waals surface area contributed by atoms with Gasteiger partial charge in [0.05, 0.1) is 0 Å². The van der Waals surface area contributed by atoms with Crippen LogP contribution in [0.4, 0.5) is 0 Å². The molecule has 4 nitrogen and oxygen atoms in total. The quantitative estimate of drug-likeness (QED) is 0.789. The summed E-state index contributed by atoms with van der Waals surface area (Å²) in [6.45, 7) is 10.4. The van der Waals surface area contributed by atoms with E-state index < -0.39 is 0 Å². The second kappa shape index (κ2) is 5.49. The number of morpholine rings is 1. The zero-order valence-corrected chi connectivity index (χ0v) is 10.0. The second-order valence-corrected chi connectivity index (χ2v) is 3.81. The average molecular weight is 222 g/mol. The maximum atomic E-state index is 11.3. The largest absolute Gasteiger partial charge is 0.466 e. The monoisotopic (exact) mass is 222 g/mol. The summed E-state index contributed by atoms with van der Waals surface area (Å²) >= 11 is 0. The summed E-state index contributed by atoms with van der Waals surface area (Å²) in [6, 6.07) is 0. The number of amides is 1. The lowest BCUT2D eigenvalue weighted by Crippen LogP contribution is -2.39. The Morgan fingerprint density at radius 1 is 1.69 bits per heavy atom. The van der Waals surface area contributed by atoms with E-state index in [1.165, 1.54) is 0 Å². The van der Waals surface area contributed by atoms with Crippen molar-refractivity contribution >= 4 is 11.8 Å². The fourth-order valence-electron chi connectivity index (χ4n) is 1.53. The molecule has 0 saturated carbocycles. The van der Waals surface area contributed by atoms with E-state index in [1.54, 1.807) is 6.08 Å². The van der Waals surface area contributed by atoms with E-state index in [-0.39, 0.29) is 18.4 Å². The van der Waals surface area contributed by atoms with E-state index in [2.05, 4.69) is 16.9 Å². The first kappa shape index (κ1) is 12.5. The van der Waals surface area contributed by atoms with Crippen molar-refractivity contribution in [3.8, 4) is 0 Å². The SMILES string of the molecule is C=C/C(=C1/NC(=O)COC1=NCC)C(C)C. The van der Waals surface area contributed by atoms with E-state index in [0.717, 1.165) is 5.57 Å². The molecule has 1 saturated heterocycles. The minimum absolute atomic E-state index is 0.0326. The Morgan fingerprint density at radius 2 is 2.38 bits per heavy atom.